The molecule has 14 heteroatoms. The molecular formula is C29H26ClF5N2O5S. The minimum atomic E-state index is -2.18. The van der Waals surface area contributed by atoms with E-state index in [1.54, 1.807) is 17.0 Å². The molecule has 0 atom stereocenters. The summed E-state index contributed by atoms with van der Waals surface area (Å²) in [4.78, 5) is 24.5. The maximum atomic E-state index is 12.9. The van der Waals surface area contributed by atoms with E-state index in [0.717, 1.165) is 11.1 Å². The molecule has 4 rings (SSSR count). The summed E-state index contributed by atoms with van der Waals surface area (Å²) in [6, 6.07) is 23.4. The third kappa shape index (κ3) is 10.0. The topological polar surface area (TPSA) is 133 Å². The second-order valence-electron chi connectivity index (χ2n) is 8.47. The van der Waals surface area contributed by atoms with Crippen molar-refractivity contribution in [2.45, 2.75) is 18.0 Å². The summed E-state index contributed by atoms with van der Waals surface area (Å²) in [7, 11) is 0. The van der Waals surface area contributed by atoms with Crippen LogP contribution in [0.2, 0.25) is 5.02 Å². The van der Waals surface area contributed by atoms with Crippen LogP contribution in [0.1, 0.15) is 21.5 Å². The number of rotatable bonds is 8. The fraction of sp³-hybridized carbons (Fsp3) is 0.103. The van der Waals surface area contributed by atoms with Gasteiger partial charge >= 0.3 is 5.97 Å². The summed E-state index contributed by atoms with van der Waals surface area (Å²) in [5, 5.41) is 12.9. The van der Waals surface area contributed by atoms with Crippen molar-refractivity contribution in [3.63, 3.8) is 0 Å². The monoisotopic (exact) mass is 644 g/mol. The first kappa shape index (κ1) is 37.0. The molecule has 0 heterocycles. The number of halogens is 6. The quantitative estimate of drug-likeness (QED) is 0.103. The highest BCUT2D eigenvalue weighted by Gasteiger charge is 2.23. The second-order valence-corrected chi connectivity index (χ2v) is 9.35. The van der Waals surface area contributed by atoms with Gasteiger partial charge < -0.3 is 26.3 Å². The predicted molar refractivity (Wildman–Crippen MR) is 155 cm³/mol. The van der Waals surface area contributed by atoms with Gasteiger partial charge in [-0.2, -0.15) is 0 Å². The predicted octanol–water partition coefficient (Wildman–Crippen LogP) is 5.38. The number of carbonyl (C=O) groups is 2. The first-order chi connectivity index (χ1) is 19.5. The number of carbonyl (C=O) groups excluding carboxylic acids is 1. The van der Waals surface area contributed by atoms with E-state index in [2.05, 4.69) is 17.9 Å². The zero-order valence-electron chi connectivity index (χ0n) is 22.1. The summed E-state index contributed by atoms with van der Waals surface area (Å²) in [6.07, 6.45) is 0. The Hall–Kier alpha value is -4.01. The third-order valence-electron chi connectivity index (χ3n) is 5.62. The summed E-state index contributed by atoms with van der Waals surface area (Å²) in [6.45, 7) is 1.09. The van der Waals surface area contributed by atoms with Crippen molar-refractivity contribution in [3.05, 3.63) is 130 Å². The molecule has 1 amide bonds. The molecule has 0 spiro atoms. The molecular weight excluding hydrogens is 619 g/mol. The highest BCUT2D eigenvalue weighted by molar-refractivity contribution is 7.80. The molecule has 43 heavy (non-hydrogen) atoms. The lowest BCUT2D eigenvalue weighted by Crippen LogP contribution is -2.37. The van der Waals surface area contributed by atoms with E-state index >= 15 is 0 Å². The molecule has 0 aromatic heterocycles. The zero-order valence-corrected chi connectivity index (χ0v) is 23.7. The molecule has 230 valence electrons. The van der Waals surface area contributed by atoms with Gasteiger partial charge in [-0.3, -0.25) is 4.79 Å². The van der Waals surface area contributed by atoms with Gasteiger partial charge in [0.1, 0.15) is 0 Å². The number of hydrogen-bond donors (Lipinski definition) is 3. The highest BCUT2D eigenvalue weighted by atomic mass is 35.5. The van der Waals surface area contributed by atoms with Crippen LogP contribution in [0.4, 0.5) is 27.6 Å². The van der Waals surface area contributed by atoms with Crippen LogP contribution < -0.4 is 10.2 Å². The van der Waals surface area contributed by atoms with Crippen molar-refractivity contribution in [1.29, 1.82) is 0 Å². The van der Waals surface area contributed by atoms with E-state index in [4.69, 9.17) is 16.7 Å². The number of benzene rings is 4. The molecule has 7 nitrogen and oxygen atoms in total. The molecule has 0 aliphatic rings. The van der Waals surface area contributed by atoms with Crippen molar-refractivity contribution in [2.75, 3.05) is 11.4 Å². The van der Waals surface area contributed by atoms with Crippen LogP contribution in [0.3, 0.4) is 0 Å². The Morgan fingerprint density at radius 3 is 1.77 bits per heavy atom. The molecule has 6 N–H and O–H groups in total. The molecule has 4 aromatic carbocycles. The van der Waals surface area contributed by atoms with Crippen LogP contribution in [-0.4, -0.2) is 34.5 Å². The van der Waals surface area contributed by atoms with E-state index < -0.39 is 40.0 Å². The largest absolute Gasteiger partial charge is 0.478 e. The Morgan fingerprint density at radius 2 is 1.26 bits per heavy atom. The maximum absolute atomic E-state index is 12.9. The van der Waals surface area contributed by atoms with Crippen LogP contribution in [0.25, 0.3) is 0 Å². The molecule has 0 radical (unpaired) electrons. The van der Waals surface area contributed by atoms with E-state index in [9.17, 15) is 31.5 Å². The molecule has 4 aromatic rings. The standard InChI is InChI=1S/C23H21ClN2O3.C6HF5S.2H2O/c24-20-10-6-17(7-11-20)14-25-15-22(27)26(16-18-4-2-1-3-5-18)21-12-8-19(9-13-21)23(28)29;7-1-2(8)4(10)6(12)5(11)3(1)9;;/h1-13,25H,14-16H2,(H,28,29);12H;2*1H2. The van der Waals surface area contributed by atoms with E-state index in [0.29, 0.717) is 23.8 Å². The molecule has 0 fully saturated rings. The molecule has 0 bridgehead atoms. The molecule has 0 saturated heterocycles. The molecule has 0 aliphatic carbocycles. The van der Waals surface area contributed by atoms with Gasteiger partial charge in [0.2, 0.25) is 11.7 Å². The molecule has 0 unspecified atom stereocenters. The zero-order chi connectivity index (χ0) is 30.1. The minimum absolute atomic E-state index is 0. The van der Waals surface area contributed by atoms with Gasteiger partial charge in [-0.25, -0.2) is 26.7 Å². The van der Waals surface area contributed by atoms with Crippen LogP contribution >= 0.6 is 24.2 Å². The van der Waals surface area contributed by atoms with Gasteiger partial charge in [-0.1, -0.05) is 54.1 Å². The Balaban J connectivity index is 0.000000559. The Kier molecular flexibility index (Phi) is 14.8. The van der Waals surface area contributed by atoms with Crippen molar-refractivity contribution < 1.29 is 47.6 Å². The van der Waals surface area contributed by atoms with Gasteiger partial charge in [0.05, 0.1) is 23.5 Å². The number of thiol groups is 1. The van der Waals surface area contributed by atoms with Crippen LogP contribution in [-0.2, 0) is 17.9 Å². The number of carboxylic acid groups (broad SMARTS) is 1. The second kappa shape index (κ2) is 17.2. The average molecular weight is 645 g/mol. The van der Waals surface area contributed by atoms with E-state index in [-0.39, 0.29) is 29.0 Å². The Labute approximate surface area is 253 Å². The molecule has 0 aliphatic heterocycles. The lowest BCUT2D eigenvalue weighted by Gasteiger charge is -2.23. The van der Waals surface area contributed by atoms with Gasteiger partial charge in [0, 0.05) is 17.3 Å². The number of anilines is 1. The molecule has 0 saturated carbocycles. The number of hydrogen-bond acceptors (Lipinski definition) is 4. The number of carboxylic acids is 1. The summed E-state index contributed by atoms with van der Waals surface area (Å²) in [5.41, 5.74) is 2.85. The SMILES string of the molecule is Fc1c(F)c(F)c(S)c(F)c1F.O.O.O=C(O)c1ccc(N(Cc2ccccc2)C(=O)CNCc2ccc(Cl)cc2)cc1. The highest BCUT2D eigenvalue weighted by Crippen LogP contribution is 2.25. The fourth-order valence-electron chi connectivity index (χ4n) is 3.48. The minimum Gasteiger partial charge on any atom is -0.478 e. The van der Waals surface area contributed by atoms with Gasteiger partial charge in [0.15, 0.2) is 23.3 Å². The first-order valence-corrected chi connectivity index (χ1v) is 12.6. The van der Waals surface area contributed by atoms with Crippen LogP contribution in [0.15, 0.2) is 83.8 Å². The van der Waals surface area contributed by atoms with Crippen molar-refractivity contribution >= 4 is 41.8 Å². The van der Waals surface area contributed by atoms with Gasteiger partial charge in [-0.15, -0.1) is 12.6 Å². The average Bonchev–Trinajstić information content (AvgIpc) is 2.98. The van der Waals surface area contributed by atoms with Crippen LogP contribution in [0, 0.1) is 29.1 Å². The fourth-order valence-corrected chi connectivity index (χ4v) is 3.80. The maximum Gasteiger partial charge on any atom is 0.335 e. The Morgan fingerprint density at radius 1 is 0.744 bits per heavy atom. The number of nitrogens with one attached hydrogen (secondary N) is 1. The summed E-state index contributed by atoms with van der Waals surface area (Å²) >= 11 is 9.00. The van der Waals surface area contributed by atoms with Gasteiger partial charge in [0.25, 0.3) is 0 Å². The lowest BCUT2D eigenvalue weighted by molar-refractivity contribution is -0.118. The van der Waals surface area contributed by atoms with Gasteiger partial charge in [-0.05, 0) is 47.5 Å². The first-order valence-electron chi connectivity index (χ1n) is 11.8. The normalized spacial score (nSPS) is 10.0. The van der Waals surface area contributed by atoms with Crippen molar-refractivity contribution in [3.8, 4) is 0 Å². The Bertz CT molecular complexity index is 1410. The van der Waals surface area contributed by atoms with Crippen molar-refractivity contribution in [1.82, 2.24) is 5.32 Å². The van der Waals surface area contributed by atoms with Crippen LogP contribution in [0.5, 0.6) is 0 Å². The summed E-state index contributed by atoms with van der Waals surface area (Å²) < 4.78 is 61.3. The number of amides is 1. The lowest BCUT2D eigenvalue weighted by atomic mass is 10.1. The number of nitrogens with zero attached hydrogens (tertiary/aromatic N) is 1. The van der Waals surface area contributed by atoms with Crippen molar-refractivity contribution in [2.24, 2.45) is 0 Å². The van der Waals surface area contributed by atoms with E-state index in [1.165, 1.54) is 12.1 Å². The summed E-state index contributed by atoms with van der Waals surface area (Å²) in [5.74, 6) is -11.1. The van der Waals surface area contributed by atoms with E-state index in [1.807, 2.05) is 54.6 Å². The number of aromatic carboxylic acids is 1. The smallest absolute Gasteiger partial charge is 0.335 e. The third-order valence-corrected chi connectivity index (χ3v) is 6.26.